The van der Waals surface area contributed by atoms with Gasteiger partial charge in [-0.3, -0.25) is 0 Å². The van der Waals surface area contributed by atoms with Gasteiger partial charge in [-0.15, -0.1) is 22.7 Å². The maximum atomic E-state index is 2.45. The van der Waals surface area contributed by atoms with Crippen LogP contribution in [0.5, 0.6) is 0 Å². The van der Waals surface area contributed by atoms with Gasteiger partial charge in [0.1, 0.15) is 0 Å². The van der Waals surface area contributed by atoms with E-state index in [4.69, 9.17) is 0 Å². The zero-order valence-corrected chi connectivity index (χ0v) is 28.0. The molecule has 9 aromatic carbocycles. The largest absolute Gasteiger partial charge is 0.310 e. The van der Waals surface area contributed by atoms with E-state index in [9.17, 15) is 0 Å². The molecule has 0 aliphatic heterocycles. The van der Waals surface area contributed by atoms with Gasteiger partial charge < -0.3 is 4.90 Å². The van der Waals surface area contributed by atoms with E-state index in [-0.39, 0.29) is 0 Å². The molecule has 11 aromatic rings. The van der Waals surface area contributed by atoms with Crippen molar-refractivity contribution in [2.24, 2.45) is 0 Å². The van der Waals surface area contributed by atoms with Gasteiger partial charge in [0, 0.05) is 57.4 Å². The fraction of sp³-hybridized carbons (Fsp3) is 0. The van der Waals surface area contributed by atoms with Crippen molar-refractivity contribution in [3.63, 3.8) is 0 Å². The Balaban J connectivity index is 1.17. The topological polar surface area (TPSA) is 3.24 Å². The first-order valence-corrected chi connectivity index (χ1v) is 18.3. The highest BCUT2D eigenvalue weighted by atomic mass is 32.1. The molecular weight excluding hydrogens is 631 g/mol. The van der Waals surface area contributed by atoms with Crippen molar-refractivity contribution in [2.75, 3.05) is 4.90 Å². The van der Waals surface area contributed by atoms with Gasteiger partial charge in [0.05, 0.1) is 0 Å². The van der Waals surface area contributed by atoms with Gasteiger partial charge in [-0.05, 0) is 85.6 Å². The number of hydrogen-bond donors (Lipinski definition) is 0. The molecule has 0 N–H and O–H groups in total. The molecule has 0 bridgehead atoms. The van der Waals surface area contributed by atoms with E-state index in [2.05, 4.69) is 169 Å². The Hall–Kier alpha value is -5.74. The van der Waals surface area contributed by atoms with E-state index < -0.39 is 0 Å². The minimum absolute atomic E-state index is 1.15. The van der Waals surface area contributed by atoms with Gasteiger partial charge in [-0.1, -0.05) is 121 Å². The summed E-state index contributed by atoms with van der Waals surface area (Å²) in [4.78, 5) is 2.45. The summed E-state index contributed by atoms with van der Waals surface area (Å²) in [5, 5.41) is 15.5. The predicted octanol–water partition coefficient (Wildman–Crippen LogP) is 14.5. The Morgan fingerprint density at radius 2 is 0.755 bits per heavy atom. The summed E-state index contributed by atoms with van der Waals surface area (Å²) < 4.78 is 5.28. The van der Waals surface area contributed by atoms with Crippen LogP contribution in [0.4, 0.5) is 17.1 Å². The van der Waals surface area contributed by atoms with Gasteiger partial charge in [0.2, 0.25) is 0 Å². The molecule has 0 atom stereocenters. The summed E-state index contributed by atoms with van der Waals surface area (Å²) in [6.45, 7) is 0. The van der Waals surface area contributed by atoms with Crippen LogP contribution in [0, 0.1) is 0 Å². The van der Waals surface area contributed by atoms with Crippen LogP contribution in [-0.2, 0) is 0 Å². The molecule has 0 unspecified atom stereocenters. The lowest BCUT2D eigenvalue weighted by molar-refractivity contribution is 1.30. The molecule has 2 heterocycles. The number of benzene rings is 9. The van der Waals surface area contributed by atoms with E-state index in [1.807, 2.05) is 22.7 Å². The Labute approximate surface area is 290 Å². The van der Waals surface area contributed by atoms with Gasteiger partial charge >= 0.3 is 0 Å². The summed E-state index contributed by atoms with van der Waals surface area (Å²) in [7, 11) is 0. The van der Waals surface area contributed by atoms with Gasteiger partial charge in [-0.2, -0.15) is 0 Å². The second-order valence-electron chi connectivity index (χ2n) is 12.9. The smallest absolute Gasteiger partial charge is 0.0476 e. The van der Waals surface area contributed by atoms with Crippen molar-refractivity contribution >= 4 is 123 Å². The highest BCUT2D eigenvalue weighted by molar-refractivity contribution is 7.27. The molecule has 3 heteroatoms. The van der Waals surface area contributed by atoms with Crippen LogP contribution in [0.3, 0.4) is 0 Å². The number of fused-ring (bicyclic) bond motifs is 13. The zero-order chi connectivity index (χ0) is 32.1. The van der Waals surface area contributed by atoms with Crippen molar-refractivity contribution in [2.45, 2.75) is 0 Å². The predicted molar refractivity (Wildman–Crippen MR) is 217 cm³/mol. The molecule has 0 aliphatic rings. The van der Waals surface area contributed by atoms with Crippen LogP contribution in [0.1, 0.15) is 0 Å². The third kappa shape index (κ3) is 4.10. The average molecular weight is 658 g/mol. The monoisotopic (exact) mass is 657 g/mol. The third-order valence-electron chi connectivity index (χ3n) is 10.2. The maximum Gasteiger partial charge on any atom is 0.0476 e. The molecule has 0 amide bonds. The molecule has 0 radical (unpaired) electrons. The molecule has 0 fully saturated rings. The molecule has 1 nitrogen and oxygen atoms in total. The van der Waals surface area contributed by atoms with E-state index >= 15 is 0 Å². The summed E-state index contributed by atoms with van der Waals surface area (Å²) in [6.07, 6.45) is 0. The minimum Gasteiger partial charge on any atom is -0.310 e. The molecule has 0 saturated heterocycles. The Morgan fingerprint density at radius 1 is 0.286 bits per heavy atom. The number of rotatable bonds is 3. The van der Waals surface area contributed by atoms with E-state index in [0.717, 1.165) is 17.1 Å². The molecule has 0 saturated carbocycles. The number of thiophene rings is 2. The molecular formula is C46H27NS2. The van der Waals surface area contributed by atoms with E-state index in [1.165, 1.54) is 83.4 Å². The Kier molecular flexibility index (Phi) is 5.77. The molecule has 0 spiro atoms. The fourth-order valence-electron chi connectivity index (χ4n) is 7.88. The van der Waals surface area contributed by atoms with E-state index in [0.29, 0.717) is 0 Å². The van der Waals surface area contributed by atoms with Crippen LogP contribution in [0.2, 0.25) is 0 Å². The first kappa shape index (κ1) is 27.2. The van der Waals surface area contributed by atoms with Gasteiger partial charge in [0.15, 0.2) is 0 Å². The molecule has 228 valence electrons. The molecule has 2 aromatic heterocycles. The van der Waals surface area contributed by atoms with Crippen LogP contribution < -0.4 is 4.90 Å². The SMILES string of the molecule is c1ccc2c(c1)ccc1c3cc(N(c4ccc5c(c4)sc4ccccc45)c4ccc5c(c4)sc4c6ccccc6ccc54)ccc3ccc21. The minimum atomic E-state index is 1.15. The van der Waals surface area contributed by atoms with Crippen molar-refractivity contribution in [3.8, 4) is 0 Å². The normalized spacial score (nSPS) is 12.1. The third-order valence-corrected chi connectivity index (χ3v) is 12.5. The first-order chi connectivity index (χ1) is 24.3. The van der Waals surface area contributed by atoms with Crippen LogP contribution in [-0.4, -0.2) is 0 Å². The lowest BCUT2D eigenvalue weighted by Crippen LogP contribution is -2.09. The summed E-state index contributed by atoms with van der Waals surface area (Å²) in [5.74, 6) is 0. The second-order valence-corrected chi connectivity index (χ2v) is 15.0. The number of anilines is 3. The van der Waals surface area contributed by atoms with Crippen LogP contribution in [0.25, 0.3) is 83.4 Å². The highest BCUT2D eigenvalue weighted by Crippen LogP contribution is 2.45. The highest BCUT2D eigenvalue weighted by Gasteiger charge is 2.18. The van der Waals surface area contributed by atoms with Gasteiger partial charge in [0.25, 0.3) is 0 Å². The van der Waals surface area contributed by atoms with Crippen LogP contribution >= 0.6 is 22.7 Å². The van der Waals surface area contributed by atoms with Gasteiger partial charge in [-0.25, -0.2) is 0 Å². The second kappa shape index (κ2) is 10.4. The summed E-state index contributed by atoms with van der Waals surface area (Å²) in [5.41, 5.74) is 3.48. The van der Waals surface area contributed by atoms with E-state index in [1.54, 1.807) is 0 Å². The fourth-order valence-corrected chi connectivity index (χ4v) is 10.3. The average Bonchev–Trinajstić information content (AvgIpc) is 3.72. The summed E-state index contributed by atoms with van der Waals surface area (Å²) >= 11 is 3.77. The van der Waals surface area contributed by atoms with Crippen LogP contribution in [0.15, 0.2) is 164 Å². The molecule has 49 heavy (non-hydrogen) atoms. The quantitative estimate of drug-likeness (QED) is 0.171. The number of hydrogen-bond acceptors (Lipinski definition) is 3. The van der Waals surface area contributed by atoms with Crippen molar-refractivity contribution < 1.29 is 0 Å². The summed E-state index contributed by atoms with van der Waals surface area (Å²) in [6, 6.07) is 60.8. The van der Waals surface area contributed by atoms with Crippen molar-refractivity contribution in [1.82, 2.24) is 0 Å². The van der Waals surface area contributed by atoms with Crippen molar-refractivity contribution in [1.29, 1.82) is 0 Å². The lowest BCUT2D eigenvalue weighted by atomic mass is 9.96. The zero-order valence-electron chi connectivity index (χ0n) is 26.4. The Morgan fingerprint density at radius 3 is 1.53 bits per heavy atom. The molecule has 11 rings (SSSR count). The Bertz CT molecular complexity index is 3130. The van der Waals surface area contributed by atoms with Crippen molar-refractivity contribution in [3.05, 3.63) is 164 Å². The lowest BCUT2D eigenvalue weighted by Gasteiger charge is -2.26. The first-order valence-electron chi connectivity index (χ1n) is 16.7. The number of nitrogens with zero attached hydrogens (tertiary/aromatic N) is 1. The standard InChI is InChI=1S/C46H27NS2/c1-3-9-34-28(7-1)14-21-37-36(34)20-15-30-13-17-31(25-42(30)37)47(32-18-23-39-38-11-5-6-12-43(38)48-44(39)26-32)33-19-24-40-41-22-16-29-8-2-4-10-35(29)46(41)49-45(40)27-33/h1-27H. The maximum absolute atomic E-state index is 2.45. The molecule has 0 aliphatic carbocycles.